The van der Waals surface area contributed by atoms with Crippen molar-refractivity contribution in [2.45, 2.75) is 26.2 Å². The number of fused-ring (bicyclic) bond motifs is 1. The van der Waals surface area contributed by atoms with E-state index in [1.165, 1.54) is 11.1 Å². The first-order valence-corrected chi connectivity index (χ1v) is 4.65. The van der Waals surface area contributed by atoms with Crippen LogP contribution in [0.2, 0.25) is 0 Å². The Labute approximate surface area is 79.1 Å². The molecule has 2 heteroatoms. The molecule has 0 atom stereocenters. The van der Waals surface area contributed by atoms with Crippen molar-refractivity contribution in [3.8, 4) is 0 Å². The van der Waals surface area contributed by atoms with Crippen LogP contribution >= 0.6 is 0 Å². The maximum Gasteiger partial charge on any atom is 0.0613 e. The van der Waals surface area contributed by atoms with Gasteiger partial charge in [-0.25, -0.2) is 0 Å². The van der Waals surface area contributed by atoms with Crippen LogP contribution < -0.4 is 11.1 Å². The van der Waals surface area contributed by atoms with Gasteiger partial charge in [-0.2, -0.15) is 0 Å². The van der Waals surface area contributed by atoms with E-state index < -0.39 is 0 Å². The lowest BCUT2D eigenvalue weighted by molar-refractivity contribution is 0.586. The summed E-state index contributed by atoms with van der Waals surface area (Å²) in [5, 5.41) is 3.36. The van der Waals surface area contributed by atoms with Gasteiger partial charge in [0.1, 0.15) is 0 Å². The van der Waals surface area contributed by atoms with Gasteiger partial charge in [-0.05, 0) is 24.1 Å². The van der Waals surface area contributed by atoms with Crippen molar-refractivity contribution in [3.63, 3.8) is 0 Å². The summed E-state index contributed by atoms with van der Waals surface area (Å²) in [5.41, 5.74) is 10.8. The largest absolute Gasteiger partial charge is 0.397 e. The highest BCUT2D eigenvalue weighted by Gasteiger charge is 2.30. The first kappa shape index (κ1) is 8.42. The van der Waals surface area contributed by atoms with Crippen LogP contribution in [0, 0.1) is 6.92 Å². The van der Waals surface area contributed by atoms with E-state index in [1.54, 1.807) is 0 Å². The Bertz CT molecular complexity index is 353. The number of anilines is 2. The highest BCUT2D eigenvalue weighted by molar-refractivity contribution is 5.75. The second kappa shape index (κ2) is 2.41. The minimum Gasteiger partial charge on any atom is -0.397 e. The average molecular weight is 176 g/mol. The number of benzene rings is 1. The van der Waals surface area contributed by atoms with E-state index in [-0.39, 0.29) is 5.41 Å². The van der Waals surface area contributed by atoms with Gasteiger partial charge in [0.25, 0.3) is 0 Å². The molecule has 0 aliphatic carbocycles. The van der Waals surface area contributed by atoms with Crippen LogP contribution in [0.5, 0.6) is 0 Å². The molecule has 2 rings (SSSR count). The molecule has 1 aliphatic rings. The molecule has 1 aliphatic heterocycles. The Morgan fingerprint density at radius 2 is 2.08 bits per heavy atom. The number of hydrogen-bond donors (Lipinski definition) is 2. The van der Waals surface area contributed by atoms with Crippen molar-refractivity contribution in [1.82, 2.24) is 0 Å². The monoisotopic (exact) mass is 176 g/mol. The number of nitrogens with two attached hydrogens (primary N) is 1. The van der Waals surface area contributed by atoms with E-state index in [0.717, 1.165) is 17.9 Å². The summed E-state index contributed by atoms with van der Waals surface area (Å²) in [7, 11) is 0. The van der Waals surface area contributed by atoms with Gasteiger partial charge in [-0.15, -0.1) is 0 Å². The molecule has 0 bridgehead atoms. The van der Waals surface area contributed by atoms with Crippen LogP contribution in [0.4, 0.5) is 11.4 Å². The smallest absolute Gasteiger partial charge is 0.0613 e. The molecule has 1 aromatic carbocycles. The van der Waals surface area contributed by atoms with E-state index in [1.807, 2.05) is 6.07 Å². The molecule has 0 unspecified atom stereocenters. The third-order valence-electron chi connectivity index (χ3n) is 2.75. The predicted octanol–water partition coefficient (Wildman–Crippen LogP) is 2.28. The first-order chi connectivity index (χ1) is 6.00. The summed E-state index contributed by atoms with van der Waals surface area (Å²) in [4.78, 5) is 0. The zero-order valence-corrected chi connectivity index (χ0v) is 8.44. The molecule has 1 aromatic rings. The minimum atomic E-state index is 0.218. The molecule has 0 amide bonds. The van der Waals surface area contributed by atoms with Gasteiger partial charge in [0, 0.05) is 12.0 Å². The molecule has 0 fully saturated rings. The topological polar surface area (TPSA) is 38.0 Å². The third kappa shape index (κ3) is 1.17. The van der Waals surface area contributed by atoms with Crippen molar-refractivity contribution in [2.24, 2.45) is 0 Å². The summed E-state index contributed by atoms with van der Waals surface area (Å²) in [5.74, 6) is 0. The van der Waals surface area contributed by atoms with Crippen molar-refractivity contribution in [1.29, 1.82) is 0 Å². The van der Waals surface area contributed by atoms with E-state index in [9.17, 15) is 0 Å². The lowest BCUT2D eigenvalue weighted by Gasteiger charge is -2.17. The minimum absolute atomic E-state index is 0.218. The van der Waals surface area contributed by atoms with Crippen molar-refractivity contribution < 1.29 is 0 Å². The molecule has 0 saturated heterocycles. The predicted molar refractivity (Wildman–Crippen MR) is 57.1 cm³/mol. The fourth-order valence-electron chi connectivity index (χ4n) is 1.95. The summed E-state index contributed by atoms with van der Waals surface area (Å²) < 4.78 is 0. The van der Waals surface area contributed by atoms with Crippen LogP contribution in [-0.2, 0) is 5.41 Å². The molecule has 0 aromatic heterocycles. The zero-order valence-electron chi connectivity index (χ0n) is 8.44. The highest BCUT2D eigenvalue weighted by Crippen LogP contribution is 2.40. The summed E-state index contributed by atoms with van der Waals surface area (Å²) >= 11 is 0. The standard InChI is InChI=1S/C11H16N2/c1-7-4-8-10(9(12)5-7)13-6-11(8,2)3/h4-5,13H,6,12H2,1-3H3. The normalized spacial score (nSPS) is 18.1. The number of nitrogen functional groups attached to an aromatic ring is 1. The molecule has 1 heterocycles. The molecule has 3 N–H and O–H groups in total. The third-order valence-corrected chi connectivity index (χ3v) is 2.75. The molecule has 13 heavy (non-hydrogen) atoms. The van der Waals surface area contributed by atoms with Gasteiger partial charge >= 0.3 is 0 Å². The second-order valence-corrected chi connectivity index (χ2v) is 4.51. The molecule has 0 spiro atoms. The van der Waals surface area contributed by atoms with Crippen molar-refractivity contribution in [2.75, 3.05) is 17.6 Å². The maximum atomic E-state index is 5.93. The fraction of sp³-hybridized carbons (Fsp3) is 0.455. The first-order valence-electron chi connectivity index (χ1n) is 4.65. The Balaban J connectivity index is 2.65. The van der Waals surface area contributed by atoms with Gasteiger partial charge < -0.3 is 11.1 Å². The van der Waals surface area contributed by atoms with E-state index in [2.05, 4.69) is 32.2 Å². The second-order valence-electron chi connectivity index (χ2n) is 4.51. The zero-order chi connectivity index (χ0) is 9.64. The summed E-state index contributed by atoms with van der Waals surface area (Å²) in [6.07, 6.45) is 0. The Morgan fingerprint density at radius 3 is 2.77 bits per heavy atom. The summed E-state index contributed by atoms with van der Waals surface area (Å²) in [6, 6.07) is 4.25. The summed E-state index contributed by atoms with van der Waals surface area (Å²) in [6.45, 7) is 7.55. The van der Waals surface area contributed by atoms with E-state index in [4.69, 9.17) is 5.73 Å². The number of nitrogens with one attached hydrogen (secondary N) is 1. The Hall–Kier alpha value is -1.18. The van der Waals surface area contributed by atoms with Crippen LogP contribution in [0.1, 0.15) is 25.0 Å². The molecular weight excluding hydrogens is 160 g/mol. The number of hydrogen-bond acceptors (Lipinski definition) is 2. The van der Waals surface area contributed by atoms with Crippen molar-refractivity contribution >= 4 is 11.4 Å². The lowest BCUT2D eigenvalue weighted by atomic mass is 9.86. The Kier molecular flexibility index (Phi) is 1.56. The fourth-order valence-corrected chi connectivity index (χ4v) is 1.95. The van der Waals surface area contributed by atoms with Crippen LogP contribution in [0.3, 0.4) is 0 Å². The number of aryl methyl sites for hydroxylation is 1. The molecule has 0 radical (unpaired) electrons. The number of rotatable bonds is 0. The van der Waals surface area contributed by atoms with Crippen LogP contribution in [-0.4, -0.2) is 6.54 Å². The van der Waals surface area contributed by atoms with E-state index in [0.29, 0.717) is 0 Å². The molecular formula is C11H16N2. The molecule has 0 saturated carbocycles. The maximum absolute atomic E-state index is 5.93. The average Bonchev–Trinajstić information content (AvgIpc) is 2.28. The van der Waals surface area contributed by atoms with Gasteiger partial charge in [0.05, 0.1) is 11.4 Å². The highest BCUT2D eigenvalue weighted by atomic mass is 14.9. The van der Waals surface area contributed by atoms with Gasteiger partial charge in [-0.1, -0.05) is 19.9 Å². The van der Waals surface area contributed by atoms with Crippen molar-refractivity contribution in [3.05, 3.63) is 23.3 Å². The van der Waals surface area contributed by atoms with Gasteiger partial charge in [0.2, 0.25) is 0 Å². The van der Waals surface area contributed by atoms with Gasteiger partial charge in [-0.3, -0.25) is 0 Å². The Morgan fingerprint density at radius 1 is 1.38 bits per heavy atom. The van der Waals surface area contributed by atoms with Crippen LogP contribution in [0.15, 0.2) is 12.1 Å². The van der Waals surface area contributed by atoms with Crippen LogP contribution in [0.25, 0.3) is 0 Å². The quantitative estimate of drug-likeness (QED) is 0.595. The SMILES string of the molecule is Cc1cc(N)c2c(c1)C(C)(C)CN2. The van der Waals surface area contributed by atoms with E-state index >= 15 is 0 Å². The van der Waals surface area contributed by atoms with Gasteiger partial charge in [0.15, 0.2) is 0 Å². The molecule has 2 nitrogen and oxygen atoms in total. The lowest BCUT2D eigenvalue weighted by Crippen LogP contribution is -2.18. The molecule has 70 valence electrons.